The number of hydrogen-bond acceptors (Lipinski definition) is 1. The zero-order chi connectivity index (χ0) is 0. The molecule has 0 unspecified atom stereocenters. The molecule has 0 amide bonds. The van der Waals surface area contributed by atoms with Gasteiger partial charge < -0.3 is 32.9 Å². The van der Waals surface area contributed by atoms with E-state index in [1.807, 2.05) is 0 Å². The molecule has 8 heavy (non-hydrogen) atoms. The van der Waals surface area contributed by atoms with Crippen LogP contribution in [0.2, 0.25) is 0 Å². The first kappa shape index (κ1) is 525. The summed E-state index contributed by atoms with van der Waals surface area (Å²) in [4.78, 5) is 0. The second kappa shape index (κ2) is 358. The van der Waals surface area contributed by atoms with E-state index in [0.29, 0.717) is 0 Å². The summed E-state index contributed by atoms with van der Waals surface area (Å²) >= 11 is 0. The Bertz CT molecular complexity index is 8.49. The van der Waals surface area contributed by atoms with Crippen molar-refractivity contribution in [2.24, 2.45) is 0 Å². The van der Waals surface area contributed by atoms with Gasteiger partial charge in [0.25, 0.3) is 0 Å². The van der Waals surface area contributed by atoms with Crippen molar-refractivity contribution in [2.45, 2.75) is 0 Å². The van der Waals surface area contributed by atoms with Crippen molar-refractivity contribution in [1.82, 2.24) is 0 Å². The largest absolute Gasteiger partial charge is 4.00 e. The van der Waals surface area contributed by atoms with E-state index in [9.17, 15) is 0 Å². The van der Waals surface area contributed by atoms with E-state index in [1.165, 1.54) is 0 Å². The smallest absolute Gasteiger partial charge is 2.00 e. The van der Waals surface area contributed by atoms with Gasteiger partial charge in [-0.3, -0.25) is 0 Å². The third-order valence-electron chi connectivity index (χ3n) is 0. The maximum atomic E-state index is 0. The van der Waals surface area contributed by atoms with E-state index in [0.717, 1.165) is 0 Å². The maximum Gasteiger partial charge on any atom is 4.00 e. The molecule has 0 aromatic heterocycles. The van der Waals surface area contributed by atoms with Crippen molar-refractivity contribution >= 4 is 0 Å². The van der Waals surface area contributed by atoms with Crippen molar-refractivity contribution < 1.29 is 73.1 Å². The quantitative estimate of drug-likeness (QED) is 0.423. The molecular weight excluding hydrogens is 195 g/mol. The van der Waals surface area contributed by atoms with Gasteiger partial charge in [-0.1, -0.05) is 0 Å². The summed E-state index contributed by atoms with van der Waals surface area (Å²) in [5.74, 6) is 0. The normalized spacial score (nSPS) is 0. The predicted molar refractivity (Wildman–Crippen MR) is 8.30 cm³/mol. The minimum absolute atomic E-state index is 0. The summed E-state index contributed by atoms with van der Waals surface area (Å²) in [6, 6.07) is 0. The molecule has 3 N–H and O–H groups in total. The van der Waals surface area contributed by atoms with Gasteiger partial charge in [0.05, 0.1) is 0 Å². The number of rotatable bonds is 0. The Morgan fingerprint density at radius 1 is 0.625 bits per heavy atom. The first-order chi connectivity index (χ1) is 0. The molecule has 0 aliphatic carbocycles. The van der Waals surface area contributed by atoms with Gasteiger partial charge in [0.2, 0.25) is 0 Å². The average molecular weight is 198 g/mol. The molecule has 0 aliphatic heterocycles. The minimum atomic E-state index is 0. The van der Waals surface area contributed by atoms with Gasteiger partial charge in [-0.05, 0) is 0 Å². The molecular formula is H3O6TiV-5. The molecule has 8 heteroatoms. The zero-order valence-electron chi connectivity index (χ0n) is 3.53. The van der Waals surface area contributed by atoms with Gasteiger partial charge in [-0.15, -0.1) is 0 Å². The molecule has 0 rings (SSSR count). The van der Waals surface area contributed by atoms with E-state index in [1.54, 1.807) is 0 Å². The fourth-order valence-corrected chi connectivity index (χ4v) is 0. The minimum Gasteiger partial charge on any atom is -2.00 e. The van der Waals surface area contributed by atoms with E-state index in [2.05, 4.69) is 0 Å². The molecule has 0 atom stereocenters. The molecule has 0 heterocycles. The van der Waals surface area contributed by atoms with Crippen LogP contribution in [-0.4, -0.2) is 11.0 Å². The van der Waals surface area contributed by atoms with Crippen LogP contribution in [0.3, 0.4) is 0 Å². The van der Waals surface area contributed by atoms with Crippen LogP contribution in [0.4, 0.5) is 0 Å². The van der Waals surface area contributed by atoms with E-state index in [4.69, 9.17) is 0 Å². The Balaban J connectivity index is 0. The Morgan fingerprint density at radius 3 is 0.625 bits per heavy atom. The summed E-state index contributed by atoms with van der Waals surface area (Å²) in [5.41, 5.74) is 0. The molecule has 0 aromatic carbocycles. The predicted octanol–water partition coefficient (Wildman–Crippen LogP) is -1.48. The molecule has 0 aliphatic rings. The SMILES string of the molecule is O.[O-2].[O-2].[O-2].[O-2].[OH-].[Ti+4].[V]. The van der Waals surface area contributed by atoms with Gasteiger partial charge >= 0.3 is 21.7 Å². The first-order valence-corrected chi connectivity index (χ1v) is 0. The fourth-order valence-electron chi connectivity index (χ4n) is 0. The van der Waals surface area contributed by atoms with Crippen molar-refractivity contribution in [3.63, 3.8) is 0 Å². The molecule has 1 radical (unpaired) electrons. The van der Waals surface area contributed by atoms with Crippen LogP contribution in [0.25, 0.3) is 0 Å². The third kappa shape index (κ3) is 231. The molecule has 0 aromatic rings. The monoisotopic (exact) mass is 198 g/mol. The second-order valence-corrected chi connectivity index (χ2v) is 0. The van der Waals surface area contributed by atoms with E-state index < -0.39 is 0 Å². The molecule has 0 saturated heterocycles. The summed E-state index contributed by atoms with van der Waals surface area (Å²) < 4.78 is 0. The van der Waals surface area contributed by atoms with E-state index >= 15 is 0 Å². The Kier molecular flexibility index (Phi) is 23500. The van der Waals surface area contributed by atoms with Crippen molar-refractivity contribution in [3.8, 4) is 0 Å². The molecule has 0 bridgehead atoms. The maximum absolute atomic E-state index is 0. The Labute approximate surface area is 73.3 Å². The van der Waals surface area contributed by atoms with Crippen molar-refractivity contribution in [2.75, 3.05) is 0 Å². The fraction of sp³-hybridized carbons (Fsp3) is 0. The summed E-state index contributed by atoms with van der Waals surface area (Å²) in [6.07, 6.45) is 0. The number of hydrogen-bond donors (Lipinski definition) is 0. The standard InChI is InChI=1S/2H2O.4O.Ti.V/h2*1H2;;;;;;/q;;4*-2;+4;/p-1. The van der Waals surface area contributed by atoms with E-state index in [-0.39, 0.29) is 73.1 Å². The van der Waals surface area contributed by atoms with Crippen LogP contribution in [0.5, 0.6) is 0 Å². The van der Waals surface area contributed by atoms with Gasteiger partial charge in [0.15, 0.2) is 0 Å². The van der Waals surface area contributed by atoms with Crippen LogP contribution >= 0.6 is 0 Å². The van der Waals surface area contributed by atoms with Gasteiger partial charge in [-0.2, -0.15) is 0 Å². The van der Waals surface area contributed by atoms with Crippen LogP contribution in [0, 0.1) is 0 Å². The van der Waals surface area contributed by atoms with Gasteiger partial charge in [0.1, 0.15) is 0 Å². The van der Waals surface area contributed by atoms with Crippen molar-refractivity contribution in [3.05, 3.63) is 0 Å². The molecule has 6 nitrogen and oxygen atoms in total. The van der Waals surface area contributed by atoms with Crippen LogP contribution in [-0.2, 0) is 62.2 Å². The van der Waals surface area contributed by atoms with Gasteiger partial charge in [0, 0.05) is 18.6 Å². The average Bonchev–Trinajstić information content (AvgIpc) is 0. The summed E-state index contributed by atoms with van der Waals surface area (Å²) in [5, 5.41) is 0. The van der Waals surface area contributed by atoms with Gasteiger partial charge in [-0.25, -0.2) is 0 Å². The third-order valence-corrected chi connectivity index (χ3v) is 0. The molecule has 0 fully saturated rings. The zero-order valence-corrected chi connectivity index (χ0v) is 6.49. The second-order valence-electron chi connectivity index (χ2n) is 0. The molecule has 53 valence electrons. The topological polar surface area (TPSA) is 176 Å². The molecule has 0 saturated carbocycles. The first-order valence-electron chi connectivity index (χ1n) is 0. The van der Waals surface area contributed by atoms with Crippen LogP contribution in [0.15, 0.2) is 0 Å². The Morgan fingerprint density at radius 2 is 0.625 bits per heavy atom. The Hall–Kier alpha value is 1.06. The van der Waals surface area contributed by atoms with Crippen molar-refractivity contribution in [1.29, 1.82) is 0 Å². The molecule has 0 spiro atoms. The van der Waals surface area contributed by atoms with Crippen LogP contribution in [0.1, 0.15) is 0 Å². The van der Waals surface area contributed by atoms with Crippen LogP contribution < -0.4 is 0 Å². The summed E-state index contributed by atoms with van der Waals surface area (Å²) in [7, 11) is 0. The summed E-state index contributed by atoms with van der Waals surface area (Å²) in [6.45, 7) is 0.